The fourth-order valence-electron chi connectivity index (χ4n) is 4.63. The van der Waals surface area contributed by atoms with Crippen LogP contribution in [0.15, 0.2) is 29.3 Å². The van der Waals surface area contributed by atoms with Gasteiger partial charge in [0, 0.05) is 19.6 Å². The minimum Gasteiger partial charge on any atom is -0.492 e. The molecule has 15 heteroatoms. The van der Waals surface area contributed by atoms with E-state index in [1.807, 2.05) is 29.2 Å². The van der Waals surface area contributed by atoms with E-state index in [0.29, 0.717) is 19.7 Å². The maximum Gasteiger partial charge on any atom is 0.280 e. The number of nitrogen functional groups attached to an aromatic ring is 2. The molecular formula is C31H51ClN8O6. The Morgan fingerprint density at radius 2 is 1.65 bits per heavy atom. The van der Waals surface area contributed by atoms with Crippen LogP contribution in [0, 0.1) is 0 Å². The highest BCUT2D eigenvalue weighted by atomic mass is 35.5. The first kappa shape index (κ1) is 38.9. The fraction of sp³-hybridized carbons (Fsp3) is 0.613. The van der Waals surface area contributed by atoms with Gasteiger partial charge in [-0.3, -0.25) is 20.0 Å². The first-order chi connectivity index (χ1) is 22.0. The summed E-state index contributed by atoms with van der Waals surface area (Å²) >= 11 is 5.81. The Morgan fingerprint density at radius 3 is 2.33 bits per heavy atom. The first-order valence-electron chi connectivity index (χ1n) is 15.8. The molecule has 1 aromatic carbocycles. The summed E-state index contributed by atoms with van der Waals surface area (Å²) in [6.07, 6.45) is 1.78. The van der Waals surface area contributed by atoms with Crippen molar-refractivity contribution in [1.82, 2.24) is 20.2 Å². The standard InChI is InChI=1S/C31H51ClN8O6/c1-3-5-6-9-16-40(19-23(42)26(44)25(43)22(41)4-2)17-18-46-21-13-11-20(12-14-21)10-7-8-15-36-31(35)39-30(45)24-28(33)38-29(34)27(32)37-24/h11-14,22-23,25-26,41-44H,3-10,15-19H2,1-2H3,(H4,33,34,38)(H3,35,36,39,45)/t22-,23+,25-,26+/m1/s1. The minimum atomic E-state index is -1.44. The summed E-state index contributed by atoms with van der Waals surface area (Å²) in [6.45, 7) is 6.05. The highest BCUT2D eigenvalue weighted by molar-refractivity contribution is 6.31. The van der Waals surface area contributed by atoms with Crippen LogP contribution in [0.5, 0.6) is 5.75 Å². The number of aliphatic imine (C=N–C) groups is 1. The van der Waals surface area contributed by atoms with Crippen molar-refractivity contribution in [2.75, 3.05) is 44.3 Å². The minimum absolute atomic E-state index is 0.0706. The van der Waals surface area contributed by atoms with Gasteiger partial charge in [0.1, 0.15) is 24.6 Å². The smallest absolute Gasteiger partial charge is 0.280 e. The van der Waals surface area contributed by atoms with Crippen LogP contribution in [-0.4, -0.2) is 104 Å². The van der Waals surface area contributed by atoms with Crippen molar-refractivity contribution in [3.63, 3.8) is 0 Å². The lowest BCUT2D eigenvalue weighted by atomic mass is 10.0. The van der Waals surface area contributed by atoms with Gasteiger partial charge in [0.25, 0.3) is 5.91 Å². The van der Waals surface area contributed by atoms with Crippen LogP contribution in [0.3, 0.4) is 0 Å². The predicted octanol–water partition coefficient (Wildman–Crippen LogP) is 1.48. The summed E-state index contributed by atoms with van der Waals surface area (Å²) in [4.78, 5) is 26.1. The van der Waals surface area contributed by atoms with E-state index >= 15 is 0 Å². The van der Waals surface area contributed by atoms with Gasteiger partial charge in [-0.05, 0) is 56.3 Å². The molecule has 4 atom stereocenters. The van der Waals surface area contributed by atoms with E-state index in [9.17, 15) is 25.2 Å². The Hall–Kier alpha value is -3.27. The van der Waals surface area contributed by atoms with E-state index < -0.39 is 30.3 Å². The number of aliphatic hydroxyl groups excluding tert-OH is 4. The molecule has 2 aromatic rings. The number of nitrogens with one attached hydrogen (secondary N) is 1. The van der Waals surface area contributed by atoms with Crippen molar-refractivity contribution in [3.05, 3.63) is 40.7 Å². The molecule has 1 aromatic heterocycles. The van der Waals surface area contributed by atoms with Crippen LogP contribution < -0.4 is 27.3 Å². The molecule has 0 aliphatic carbocycles. The SMILES string of the molecule is CCCCCCN(CCOc1ccc(CCCCN=C(N)NC(=O)c2nc(Cl)c(N)nc2N)cc1)C[C@H](O)[C@H](O)[C@H](O)[C@H](O)CC. The van der Waals surface area contributed by atoms with Crippen LogP contribution in [0.2, 0.25) is 5.15 Å². The number of anilines is 2. The third-order valence-corrected chi connectivity index (χ3v) is 7.72. The highest BCUT2D eigenvalue weighted by Gasteiger charge is 2.30. The maximum atomic E-state index is 12.3. The summed E-state index contributed by atoms with van der Waals surface area (Å²) < 4.78 is 5.95. The summed E-state index contributed by atoms with van der Waals surface area (Å²) in [5.74, 6) is -0.278. The van der Waals surface area contributed by atoms with Gasteiger partial charge in [-0.25, -0.2) is 9.97 Å². The molecule has 0 bridgehead atoms. The number of aliphatic hydroxyl groups is 4. The number of carbonyl (C=O) groups excluding carboxylic acids is 1. The molecule has 14 nitrogen and oxygen atoms in total. The third kappa shape index (κ3) is 13.6. The fourth-order valence-corrected chi connectivity index (χ4v) is 4.76. The second kappa shape index (κ2) is 20.8. The van der Waals surface area contributed by atoms with Gasteiger partial charge >= 0.3 is 0 Å². The third-order valence-electron chi connectivity index (χ3n) is 7.45. The van der Waals surface area contributed by atoms with Gasteiger partial charge in [-0.15, -0.1) is 0 Å². The summed E-state index contributed by atoms with van der Waals surface area (Å²) in [7, 11) is 0. The molecule has 0 aliphatic rings. The number of unbranched alkanes of at least 4 members (excludes halogenated alkanes) is 4. The topological polar surface area (TPSA) is 239 Å². The highest BCUT2D eigenvalue weighted by Crippen LogP contribution is 2.18. The number of aromatic nitrogens is 2. The van der Waals surface area contributed by atoms with E-state index in [-0.39, 0.29) is 41.4 Å². The predicted molar refractivity (Wildman–Crippen MR) is 180 cm³/mol. The summed E-state index contributed by atoms with van der Waals surface area (Å²) in [5.41, 5.74) is 18.0. The van der Waals surface area contributed by atoms with Crippen LogP contribution >= 0.6 is 11.6 Å². The quantitative estimate of drug-likeness (QED) is 0.0537. The second-order valence-electron chi connectivity index (χ2n) is 11.2. The van der Waals surface area contributed by atoms with Gasteiger partial charge in [-0.2, -0.15) is 0 Å². The molecule has 0 fully saturated rings. The van der Waals surface area contributed by atoms with E-state index in [0.717, 1.165) is 62.8 Å². The lowest BCUT2D eigenvalue weighted by Gasteiger charge is -2.30. The van der Waals surface area contributed by atoms with Crippen molar-refractivity contribution in [2.45, 2.75) is 89.6 Å². The molecule has 1 amide bonds. The number of aryl methyl sites for hydroxylation is 1. The van der Waals surface area contributed by atoms with E-state index in [4.69, 9.17) is 33.5 Å². The molecule has 0 unspecified atom stereocenters. The maximum absolute atomic E-state index is 12.3. The van der Waals surface area contributed by atoms with Crippen LogP contribution in [0.25, 0.3) is 0 Å². The molecule has 1 heterocycles. The van der Waals surface area contributed by atoms with Crippen LogP contribution in [0.4, 0.5) is 11.6 Å². The molecule has 46 heavy (non-hydrogen) atoms. The zero-order valence-corrected chi connectivity index (χ0v) is 27.6. The Bertz CT molecular complexity index is 1220. The molecule has 11 N–H and O–H groups in total. The Morgan fingerprint density at radius 1 is 0.957 bits per heavy atom. The second-order valence-corrected chi connectivity index (χ2v) is 11.5. The number of benzene rings is 1. The van der Waals surface area contributed by atoms with E-state index in [1.165, 1.54) is 0 Å². The number of nitrogens with two attached hydrogens (primary N) is 3. The lowest BCUT2D eigenvalue weighted by molar-refractivity contribution is -0.111. The first-order valence-corrected chi connectivity index (χ1v) is 16.2. The molecule has 0 aliphatic heterocycles. The molecular weight excluding hydrogens is 616 g/mol. The largest absolute Gasteiger partial charge is 0.492 e. The zero-order chi connectivity index (χ0) is 34.1. The summed E-state index contributed by atoms with van der Waals surface area (Å²) in [6, 6.07) is 7.82. The number of ether oxygens (including phenoxy) is 1. The summed E-state index contributed by atoms with van der Waals surface area (Å²) in [5, 5.41) is 43.1. The van der Waals surface area contributed by atoms with E-state index in [1.54, 1.807) is 6.92 Å². The van der Waals surface area contributed by atoms with Gasteiger partial charge in [0.2, 0.25) is 0 Å². The average Bonchev–Trinajstić information content (AvgIpc) is 3.03. The van der Waals surface area contributed by atoms with E-state index in [2.05, 4.69) is 27.2 Å². The van der Waals surface area contributed by atoms with Crippen molar-refractivity contribution in [1.29, 1.82) is 0 Å². The van der Waals surface area contributed by atoms with Gasteiger partial charge in [0.05, 0.1) is 12.2 Å². The zero-order valence-electron chi connectivity index (χ0n) is 26.8. The lowest BCUT2D eigenvalue weighted by Crippen LogP contribution is -2.49. The van der Waals surface area contributed by atoms with Gasteiger partial charge < -0.3 is 42.4 Å². The number of hydrogen-bond acceptors (Lipinski definition) is 12. The number of amides is 1. The Labute approximate surface area is 276 Å². The number of nitrogens with zero attached hydrogens (tertiary/aromatic N) is 4. The molecule has 0 saturated carbocycles. The molecule has 2 rings (SSSR count). The van der Waals surface area contributed by atoms with Crippen molar-refractivity contribution < 1.29 is 30.0 Å². The molecule has 0 spiro atoms. The Balaban J connectivity index is 1.76. The van der Waals surface area contributed by atoms with Crippen molar-refractivity contribution in [3.8, 4) is 5.75 Å². The normalized spacial score (nSPS) is 14.6. The number of carbonyl (C=O) groups is 1. The van der Waals surface area contributed by atoms with Crippen LogP contribution in [-0.2, 0) is 6.42 Å². The average molecular weight is 667 g/mol. The van der Waals surface area contributed by atoms with Crippen LogP contribution in [0.1, 0.15) is 74.8 Å². The number of halogens is 1. The van der Waals surface area contributed by atoms with Crippen molar-refractivity contribution >= 4 is 35.1 Å². The molecule has 258 valence electrons. The van der Waals surface area contributed by atoms with Gasteiger partial charge in [0.15, 0.2) is 28.4 Å². The Kier molecular flexibility index (Phi) is 17.6. The number of hydrogen-bond donors (Lipinski definition) is 8. The monoisotopic (exact) mass is 666 g/mol. The molecule has 0 saturated heterocycles. The number of rotatable bonds is 21. The number of guanidine groups is 1. The molecule has 0 radical (unpaired) electrons. The van der Waals surface area contributed by atoms with Gasteiger partial charge in [-0.1, -0.05) is 56.8 Å². The van der Waals surface area contributed by atoms with Crippen molar-refractivity contribution in [2.24, 2.45) is 10.7 Å².